The van der Waals surface area contributed by atoms with Crippen LogP contribution in [-0.4, -0.2) is 18.1 Å². The summed E-state index contributed by atoms with van der Waals surface area (Å²) in [5, 5.41) is 1.06. The molecule has 1 N–H and O–H groups in total. The quantitative estimate of drug-likeness (QED) is 0.737. The van der Waals surface area contributed by atoms with Gasteiger partial charge in [0.2, 0.25) is 0 Å². The zero-order valence-corrected chi connectivity index (χ0v) is 12.4. The Morgan fingerprint density at radius 1 is 1.05 bits per heavy atom. The second-order valence-corrected chi connectivity index (χ2v) is 5.06. The molecule has 110 valence electrons. The molecule has 3 nitrogen and oxygen atoms in total. The molecule has 1 aromatic heterocycles. The fourth-order valence-corrected chi connectivity index (χ4v) is 2.51. The summed E-state index contributed by atoms with van der Waals surface area (Å²) in [6.45, 7) is 0. The van der Waals surface area contributed by atoms with E-state index in [2.05, 4.69) is 4.98 Å². The zero-order chi connectivity index (χ0) is 15.4. The summed E-state index contributed by atoms with van der Waals surface area (Å²) < 4.78 is 4.81. The van der Waals surface area contributed by atoms with Gasteiger partial charge in [-0.25, -0.2) is 0 Å². The van der Waals surface area contributed by atoms with Crippen LogP contribution >= 0.6 is 0 Å². The lowest BCUT2D eigenvalue weighted by Crippen LogP contribution is -2.05. The number of esters is 1. The van der Waals surface area contributed by atoms with E-state index in [0.29, 0.717) is 0 Å². The van der Waals surface area contributed by atoms with Gasteiger partial charge in [0.25, 0.3) is 0 Å². The van der Waals surface area contributed by atoms with Crippen molar-refractivity contribution >= 4 is 29.0 Å². The number of hydrogen-bond acceptors (Lipinski definition) is 2. The van der Waals surface area contributed by atoms with Crippen molar-refractivity contribution < 1.29 is 9.53 Å². The van der Waals surface area contributed by atoms with Crippen molar-refractivity contribution in [3.63, 3.8) is 0 Å². The third kappa shape index (κ3) is 2.93. The van der Waals surface area contributed by atoms with Crippen molar-refractivity contribution in [3.8, 4) is 0 Å². The molecule has 1 heterocycles. The minimum absolute atomic E-state index is 0.237. The van der Waals surface area contributed by atoms with Gasteiger partial charge in [-0.05, 0) is 23.3 Å². The maximum Gasteiger partial charge on any atom is 0.310 e. The number of carbonyl (C=O) groups is 1. The van der Waals surface area contributed by atoms with Crippen LogP contribution in [-0.2, 0) is 16.0 Å². The summed E-state index contributed by atoms with van der Waals surface area (Å²) in [5.41, 5.74) is 4.05. The summed E-state index contributed by atoms with van der Waals surface area (Å²) in [6, 6.07) is 18.1. The molecule has 0 saturated heterocycles. The Hall–Kier alpha value is -2.81. The second kappa shape index (κ2) is 6.31. The molecule has 3 heteroatoms. The molecule has 0 aliphatic carbocycles. The van der Waals surface area contributed by atoms with E-state index in [1.165, 1.54) is 7.11 Å². The van der Waals surface area contributed by atoms with Crippen molar-refractivity contribution in [1.29, 1.82) is 0 Å². The predicted molar refractivity (Wildman–Crippen MR) is 89.4 cm³/mol. The van der Waals surface area contributed by atoms with Crippen molar-refractivity contribution in [2.45, 2.75) is 6.42 Å². The average Bonchev–Trinajstić information content (AvgIpc) is 2.91. The number of hydrogen-bond donors (Lipinski definition) is 1. The number of methoxy groups -OCH3 is 1. The first-order chi connectivity index (χ1) is 10.8. The Labute approximate surface area is 129 Å². The van der Waals surface area contributed by atoms with Crippen LogP contribution in [0.2, 0.25) is 0 Å². The zero-order valence-electron chi connectivity index (χ0n) is 12.4. The van der Waals surface area contributed by atoms with Crippen LogP contribution in [0.4, 0.5) is 0 Å². The highest BCUT2D eigenvalue weighted by Gasteiger charge is 2.13. The molecule has 0 amide bonds. The largest absolute Gasteiger partial charge is 0.469 e. The minimum atomic E-state index is -0.237. The highest BCUT2D eigenvalue weighted by Crippen LogP contribution is 2.24. The topological polar surface area (TPSA) is 42.1 Å². The normalized spacial score (nSPS) is 11.1. The molecule has 0 spiro atoms. The minimum Gasteiger partial charge on any atom is -0.469 e. The highest BCUT2D eigenvalue weighted by molar-refractivity contribution is 5.92. The summed E-state index contributed by atoms with van der Waals surface area (Å²) in [6.07, 6.45) is 4.30. The molecular weight excluding hydrogens is 274 g/mol. The molecule has 3 aromatic rings. The SMILES string of the molecule is COC(=O)Cc1c(/C=C/c2ccccc2)[nH]c2ccccc12. The average molecular weight is 291 g/mol. The van der Waals surface area contributed by atoms with E-state index < -0.39 is 0 Å². The van der Waals surface area contributed by atoms with Crippen LogP contribution in [0.25, 0.3) is 23.1 Å². The van der Waals surface area contributed by atoms with E-state index in [1.807, 2.05) is 66.7 Å². The second-order valence-electron chi connectivity index (χ2n) is 5.06. The number of nitrogens with one attached hydrogen (secondary N) is 1. The van der Waals surface area contributed by atoms with Crippen molar-refractivity contribution in [3.05, 3.63) is 71.4 Å². The number of aromatic nitrogens is 1. The lowest BCUT2D eigenvalue weighted by atomic mass is 10.1. The molecule has 0 aliphatic rings. The molecule has 0 bridgehead atoms. The number of aromatic amines is 1. The van der Waals surface area contributed by atoms with Crippen molar-refractivity contribution in [2.24, 2.45) is 0 Å². The van der Waals surface area contributed by atoms with Gasteiger partial charge >= 0.3 is 5.97 Å². The van der Waals surface area contributed by atoms with E-state index in [-0.39, 0.29) is 12.4 Å². The summed E-state index contributed by atoms with van der Waals surface area (Å²) in [7, 11) is 1.41. The van der Waals surface area contributed by atoms with E-state index in [0.717, 1.165) is 27.7 Å². The molecule has 22 heavy (non-hydrogen) atoms. The van der Waals surface area contributed by atoms with E-state index in [1.54, 1.807) is 0 Å². The molecule has 0 fully saturated rings. The van der Waals surface area contributed by atoms with Gasteiger partial charge in [0.15, 0.2) is 0 Å². The Morgan fingerprint density at radius 3 is 2.55 bits per heavy atom. The molecule has 2 aromatic carbocycles. The van der Waals surface area contributed by atoms with E-state index in [9.17, 15) is 4.79 Å². The van der Waals surface area contributed by atoms with Gasteiger partial charge < -0.3 is 9.72 Å². The first-order valence-electron chi connectivity index (χ1n) is 7.17. The standard InChI is InChI=1S/C19H17NO2/c1-22-19(21)13-16-15-9-5-6-10-17(15)20-18(16)12-11-14-7-3-2-4-8-14/h2-12,20H,13H2,1H3/b12-11+. The van der Waals surface area contributed by atoms with Crippen LogP contribution in [0.1, 0.15) is 16.8 Å². The molecular formula is C19H17NO2. The van der Waals surface area contributed by atoms with Crippen LogP contribution in [0.15, 0.2) is 54.6 Å². The number of rotatable bonds is 4. The summed E-state index contributed by atoms with van der Waals surface area (Å²) >= 11 is 0. The van der Waals surface area contributed by atoms with E-state index in [4.69, 9.17) is 4.74 Å². The number of ether oxygens (including phenoxy) is 1. The summed E-state index contributed by atoms with van der Waals surface area (Å²) in [4.78, 5) is 15.1. The van der Waals surface area contributed by atoms with Crippen LogP contribution in [0, 0.1) is 0 Å². The number of para-hydroxylation sites is 1. The molecule has 0 radical (unpaired) electrons. The van der Waals surface area contributed by atoms with Gasteiger partial charge in [0.05, 0.1) is 13.5 Å². The van der Waals surface area contributed by atoms with Gasteiger partial charge in [-0.15, -0.1) is 0 Å². The van der Waals surface area contributed by atoms with Gasteiger partial charge in [-0.1, -0.05) is 54.6 Å². The maximum absolute atomic E-state index is 11.7. The predicted octanol–water partition coefficient (Wildman–Crippen LogP) is 4.05. The monoisotopic (exact) mass is 291 g/mol. The smallest absolute Gasteiger partial charge is 0.310 e. The fraction of sp³-hybridized carbons (Fsp3) is 0.105. The number of carbonyl (C=O) groups excluding carboxylic acids is 1. The van der Waals surface area contributed by atoms with Gasteiger partial charge in [-0.2, -0.15) is 0 Å². The van der Waals surface area contributed by atoms with Crippen LogP contribution in [0.5, 0.6) is 0 Å². The lowest BCUT2D eigenvalue weighted by molar-refractivity contribution is -0.139. The third-order valence-electron chi connectivity index (χ3n) is 3.64. The first-order valence-corrected chi connectivity index (χ1v) is 7.17. The summed E-state index contributed by atoms with van der Waals surface area (Å²) in [5.74, 6) is -0.237. The third-order valence-corrected chi connectivity index (χ3v) is 3.64. The van der Waals surface area contributed by atoms with Gasteiger partial charge in [-0.3, -0.25) is 4.79 Å². The van der Waals surface area contributed by atoms with Crippen molar-refractivity contribution in [2.75, 3.05) is 7.11 Å². The molecule has 0 atom stereocenters. The molecule has 3 rings (SSSR count). The lowest BCUT2D eigenvalue weighted by Gasteiger charge is -2.00. The molecule has 0 saturated carbocycles. The van der Waals surface area contributed by atoms with Crippen LogP contribution < -0.4 is 0 Å². The number of H-pyrrole nitrogens is 1. The fourth-order valence-electron chi connectivity index (χ4n) is 2.51. The van der Waals surface area contributed by atoms with Crippen molar-refractivity contribution in [1.82, 2.24) is 4.98 Å². The highest BCUT2D eigenvalue weighted by atomic mass is 16.5. The Kier molecular flexibility index (Phi) is 4.05. The number of benzene rings is 2. The first kappa shape index (κ1) is 14.1. The Morgan fingerprint density at radius 2 is 1.77 bits per heavy atom. The maximum atomic E-state index is 11.7. The van der Waals surface area contributed by atoms with E-state index >= 15 is 0 Å². The van der Waals surface area contributed by atoms with Crippen LogP contribution in [0.3, 0.4) is 0 Å². The molecule has 0 unspecified atom stereocenters. The number of fused-ring (bicyclic) bond motifs is 1. The van der Waals surface area contributed by atoms with Gasteiger partial charge in [0.1, 0.15) is 0 Å². The Balaban J connectivity index is 2.02. The van der Waals surface area contributed by atoms with Gasteiger partial charge in [0, 0.05) is 16.6 Å². The Bertz CT molecular complexity index is 816. The molecule has 0 aliphatic heterocycles.